The van der Waals surface area contributed by atoms with Crippen molar-refractivity contribution >= 4 is 35.1 Å². The Balaban J connectivity index is 1.42. The average Bonchev–Trinajstić information content (AvgIpc) is 3.20. The summed E-state index contributed by atoms with van der Waals surface area (Å²) in [4.78, 5) is 34.1. The van der Waals surface area contributed by atoms with E-state index >= 15 is 0 Å². The first-order valence-electron chi connectivity index (χ1n) is 9.56. The maximum Gasteiger partial charge on any atom is 0.260 e. The summed E-state index contributed by atoms with van der Waals surface area (Å²) in [5.74, 6) is -0.543. The Labute approximate surface area is 184 Å². The molecule has 160 valence electrons. The predicted molar refractivity (Wildman–Crippen MR) is 121 cm³/mol. The highest BCUT2D eigenvalue weighted by Gasteiger charge is 2.11. The van der Waals surface area contributed by atoms with Crippen LogP contribution in [0.15, 0.2) is 65.4 Å². The molecule has 8 nitrogen and oxygen atoms in total. The van der Waals surface area contributed by atoms with Gasteiger partial charge in [0.2, 0.25) is 0 Å². The van der Waals surface area contributed by atoms with Gasteiger partial charge in [0, 0.05) is 36.2 Å². The van der Waals surface area contributed by atoms with Gasteiger partial charge in [0.25, 0.3) is 11.8 Å². The van der Waals surface area contributed by atoms with E-state index in [0.29, 0.717) is 11.3 Å². The topological polar surface area (TPSA) is 119 Å². The number of pyridine rings is 1. The van der Waals surface area contributed by atoms with Crippen LogP contribution in [0.25, 0.3) is 0 Å². The molecule has 0 bridgehead atoms. The second-order valence-electron chi connectivity index (χ2n) is 6.70. The first kappa shape index (κ1) is 22.1. The van der Waals surface area contributed by atoms with E-state index in [1.807, 2.05) is 18.4 Å². The number of aromatic nitrogens is 1. The Morgan fingerprint density at radius 3 is 2.61 bits per heavy atom. The molecule has 0 spiro atoms. The lowest BCUT2D eigenvalue weighted by Gasteiger charge is -2.13. The molecule has 0 aliphatic carbocycles. The van der Waals surface area contributed by atoms with Crippen molar-refractivity contribution in [3.8, 4) is 0 Å². The van der Waals surface area contributed by atoms with Gasteiger partial charge in [-0.1, -0.05) is 17.3 Å². The highest BCUT2D eigenvalue weighted by Crippen LogP contribution is 2.14. The lowest BCUT2D eigenvalue weighted by atomic mass is 10.0. The van der Waals surface area contributed by atoms with Crippen LogP contribution in [0, 0.1) is 6.92 Å². The molecule has 31 heavy (non-hydrogen) atoms. The number of carbonyl (C=O) groups is 2. The van der Waals surface area contributed by atoms with Crippen molar-refractivity contribution in [2.24, 2.45) is 10.9 Å². The van der Waals surface area contributed by atoms with Gasteiger partial charge in [0.15, 0.2) is 6.61 Å². The molecule has 4 N–H and O–H groups in total. The number of amides is 2. The fraction of sp³-hybridized carbons (Fsp3) is 0.182. The highest BCUT2D eigenvalue weighted by atomic mass is 32.1. The molecule has 9 heteroatoms. The molecule has 1 unspecified atom stereocenters. The molecule has 2 aromatic heterocycles. The number of hydrogen-bond acceptors (Lipinski definition) is 7. The SMILES string of the molecule is Cc1ccsc1C=NOCC(=O)NCC(N)c1ccc(C(=O)Nc2ccncc2)cc1. The van der Waals surface area contributed by atoms with E-state index in [2.05, 4.69) is 20.8 Å². The molecule has 2 heterocycles. The third-order valence-electron chi connectivity index (χ3n) is 4.40. The van der Waals surface area contributed by atoms with Crippen molar-refractivity contribution in [3.63, 3.8) is 0 Å². The number of oxime groups is 1. The van der Waals surface area contributed by atoms with E-state index in [9.17, 15) is 9.59 Å². The quantitative estimate of drug-likeness (QED) is 0.351. The number of carbonyl (C=O) groups excluding carboxylic acids is 2. The van der Waals surface area contributed by atoms with E-state index in [-0.39, 0.29) is 25.0 Å². The van der Waals surface area contributed by atoms with Crippen LogP contribution in [0.3, 0.4) is 0 Å². The lowest BCUT2D eigenvalue weighted by Crippen LogP contribution is -2.34. The van der Waals surface area contributed by atoms with Gasteiger partial charge in [-0.2, -0.15) is 0 Å². The third kappa shape index (κ3) is 6.73. The summed E-state index contributed by atoms with van der Waals surface area (Å²) in [5.41, 5.74) is 9.21. The van der Waals surface area contributed by atoms with Gasteiger partial charge in [-0.25, -0.2) is 0 Å². The van der Waals surface area contributed by atoms with Gasteiger partial charge in [0.1, 0.15) is 0 Å². The van der Waals surface area contributed by atoms with E-state index < -0.39 is 6.04 Å². The molecular formula is C22H23N5O3S. The summed E-state index contributed by atoms with van der Waals surface area (Å²) >= 11 is 1.55. The maximum absolute atomic E-state index is 12.3. The Morgan fingerprint density at radius 1 is 1.19 bits per heavy atom. The molecule has 3 aromatic rings. The molecule has 0 aliphatic heterocycles. The van der Waals surface area contributed by atoms with Gasteiger partial charge >= 0.3 is 0 Å². The van der Waals surface area contributed by atoms with Crippen molar-refractivity contribution in [1.82, 2.24) is 10.3 Å². The number of hydrogen-bond donors (Lipinski definition) is 3. The summed E-state index contributed by atoms with van der Waals surface area (Å²) in [6.07, 6.45) is 4.80. The summed E-state index contributed by atoms with van der Waals surface area (Å²) in [7, 11) is 0. The maximum atomic E-state index is 12.3. The monoisotopic (exact) mass is 437 g/mol. The van der Waals surface area contributed by atoms with Gasteiger partial charge in [0.05, 0.1) is 11.1 Å². The normalized spacial score (nSPS) is 11.8. The molecular weight excluding hydrogens is 414 g/mol. The van der Waals surface area contributed by atoms with Crippen LogP contribution in [0.2, 0.25) is 0 Å². The standard InChI is InChI=1S/C22H23N5O3S/c1-15-8-11-31-20(15)13-26-30-14-21(28)25-12-19(23)16-2-4-17(5-3-16)22(29)27-18-6-9-24-10-7-18/h2-11,13,19H,12,14,23H2,1H3,(H,25,28)(H,24,27,29). The van der Waals surface area contributed by atoms with Gasteiger partial charge in [-0.15, -0.1) is 11.3 Å². The highest BCUT2D eigenvalue weighted by molar-refractivity contribution is 7.11. The summed E-state index contributed by atoms with van der Waals surface area (Å²) in [6, 6.07) is 11.9. The smallest absolute Gasteiger partial charge is 0.260 e. The Morgan fingerprint density at radius 2 is 1.94 bits per heavy atom. The zero-order chi connectivity index (χ0) is 22.1. The third-order valence-corrected chi connectivity index (χ3v) is 5.35. The molecule has 3 rings (SSSR count). The van der Waals surface area contributed by atoms with Crippen molar-refractivity contribution in [2.45, 2.75) is 13.0 Å². The van der Waals surface area contributed by atoms with Crippen molar-refractivity contribution in [3.05, 3.63) is 81.8 Å². The zero-order valence-electron chi connectivity index (χ0n) is 16.9. The summed E-state index contributed by atoms with van der Waals surface area (Å²) in [5, 5.41) is 11.3. The minimum Gasteiger partial charge on any atom is -0.386 e. The van der Waals surface area contributed by atoms with Gasteiger partial charge in [-0.3, -0.25) is 14.6 Å². The Kier molecular flexibility index (Phi) is 7.85. The fourth-order valence-corrected chi connectivity index (χ4v) is 3.39. The minimum atomic E-state index is -0.418. The average molecular weight is 438 g/mol. The number of nitrogens with zero attached hydrogens (tertiary/aromatic N) is 2. The van der Waals surface area contributed by atoms with Crippen LogP contribution >= 0.6 is 11.3 Å². The fourth-order valence-electron chi connectivity index (χ4n) is 2.61. The number of rotatable bonds is 9. The summed E-state index contributed by atoms with van der Waals surface area (Å²) in [6.45, 7) is 2.02. The van der Waals surface area contributed by atoms with Crippen molar-refractivity contribution in [2.75, 3.05) is 18.5 Å². The molecule has 2 amide bonds. The predicted octanol–water partition coefficient (Wildman–Crippen LogP) is 2.87. The largest absolute Gasteiger partial charge is 0.386 e. The van der Waals surface area contributed by atoms with E-state index in [0.717, 1.165) is 16.0 Å². The molecule has 0 saturated carbocycles. The van der Waals surface area contributed by atoms with Crippen LogP contribution in [0.4, 0.5) is 5.69 Å². The van der Waals surface area contributed by atoms with Crippen LogP contribution in [-0.2, 0) is 9.63 Å². The van der Waals surface area contributed by atoms with Crippen LogP contribution in [0.5, 0.6) is 0 Å². The molecule has 1 atom stereocenters. The van der Waals surface area contributed by atoms with E-state index in [1.165, 1.54) is 0 Å². The number of benzene rings is 1. The molecule has 0 radical (unpaired) electrons. The first-order valence-corrected chi connectivity index (χ1v) is 10.4. The summed E-state index contributed by atoms with van der Waals surface area (Å²) < 4.78 is 0. The van der Waals surface area contributed by atoms with Crippen LogP contribution in [-0.4, -0.2) is 36.2 Å². The number of nitrogens with two attached hydrogens (primary N) is 1. The Hall–Kier alpha value is -3.56. The lowest BCUT2D eigenvalue weighted by molar-refractivity contribution is -0.125. The molecule has 0 fully saturated rings. The van der Waals surface area contributed by atoms with Crippen LogP contribution in [0.1, 0.15) is 32.4 Å². The zero-order valence-corrected chi connectivity index (χ0v) is 17.8. The van der Waals surface area contributed by atoms with Crippen molar-refractivity contribution < 1.29 is 14.4 Å². The second kappa shape index (κ2) is 11.0. The molecule has 0 aliphatic rings. The Bertz CT molecular complexity index is 1030. The molecule has 0 saturated heterocycles. The number of anilines is 1. The van der Waals surface area contributed by atoms with Crippen LogP contribution < -0.4 is 16.4 Å². The van der Waals surface area contributed by atoms with E-state index in [4.69, 9.17) is 10.6 Å². The second-order valence-corrected chi connectivity index (χ2v) is 7.65. The number of nitrogens with one attached hydrogen (secondary N) is 2. The van der Waals surface area contributed by atoms with Gasteiger partial charge in [-0.05, 0) is 53.8 Å². The number of thiophene rings is 1. The number of aryl methyl sites for hydroxylation is 1. The first-order chi connectivity index (χ1) is 15.0. The van der Waals surface area contributed by atoms with E-state index in [1.54, 1.807) is 66.3 Å². The van der Waals surface area contributed by atoms with Crippen molar-refractivity contribution in [1.29, 1.82) is 0 Å². The minimum absolute atomic E-state index is 0.193. The van der Waals surface area contributed by atoms with Gasteiger partial charge < -0.3 is 21.2 Å². The molecule has 1 aromatic carbocycles.